The van der Waals surface area contributed by atoms with Gasteiger partial charge in [0.15, 0.2) is 17.8 Å². The van der Waals surface area contributed by atoms with Gasteiger partial charge in [0.2, 0.25) is 0 Å². The molecule has 0 atom stereocenters. The van der Waals surface area contributed by atoms with E-state index in [0.717, 1.165) is 44.6 Å². The van der Waals surface area contributed by atoms with E-state index in [-0.39, 0.29) is 0 Å². The average Bonchev–Trinajstić information content (AvgIpc) is 2.47. The molecule has 1 aromatic carbocycles. The van der Waals surface area contributed by atoms with E-state index in [4.69, 9.17) is 9.47 Å². The lowest BCUT2D eigenvalue weighted by molar-refractivity contribution is 0.111. The van der Waals surface area contributed by atoms with Crippen molar-refractivity contribution in [3.05, 3.63) is 23.3 Å². The van der Waals surface area contributed by atoms with Gasteiger partial charge in [-0.15, -0.1) is 0 Å². The van der Waals surface area contributed by atoms with Gasteiger partial charge in [0, 0.05) is 32.7 Å². The molecule has 5 nitrogen and oxygen atoms in total. The highest BCUT2D eigenvalue weighted by Gasteiger charge is 2.15. The molecule has 1 aliphatic rings. The Balaban J connectivity index is 2.22. The molecule has 19 heavy (non-hydrogen) atoms. The van der Waals surface area contributed by atoms with E-state index in [9.17, 15) is 4.79 Å². The second kappa shape index (κ2) is 6.54. The number of hydrogen-bond acceptors (Lipinski definition) is 5. The molecular formula is C14H20N2O3. The van der Waals surface area contributed by atoms with Gasteiger partial charge in [0.25, 0.3) is 0 Å². The molecule has 5 heteroatoms. The summed E-state index contributed by atoms with van der Waals surface area (Å²) in [6.45, 7) is 4.88. The summed E-state index contributed by atoms with van der Waals surface area (Å²) < 4.78 is 10.5. The van der Waals surface area contributed by atoms with Crippen LogP contribution >= 0.6 is 0 Å². The fraction of sp³-hybridized carbons (Fsp3) is 0.500. The van der Waals surface area contributed by atoms with Crippen LogP contribution in [0.4, 0.5) is 0 Å². The van der Waals surface area contributed by atoms with Crippen molar-refractivity contribution in [2.45, 2.75) is 6.54 Å². The predicted octanol–water partition coefficient (Wildman–Crippen LogP) is 0.921. The zero-order valence-electron chi connectivity index (χ0n) is 11.4. The van der Waals surface area contributed by atoms with Crippen LogP contribution in [0.15, 0.2) is 12.1 Å². The lowest BCUT2D eigenvalue weighted by atomic mass is 10.1. The second-order valence-corrected chi connectivity index (χ2v) is 4.56. The molecule has 1 N–H and O–H groups in total. The summed E-state index contributed by atoms with van der Waals surface area (Å²) in [5.41, 5.74) is 1.61. The van der Waals surface area contributed by atoms with Crippen molar-refractivity contribution in [1.82, 2.24) is 10.2 Å². The Labute approximate surface area is 113 Å². The van der Waals surface area contributed by atoms with E-state index >= 15 is 0 Å². The Morgan fingerprint density at radius 2 is 2.00 bits per heavy atom. The van der Waals surface area contributed by atoms with Crippen molar-refractivity contribution in [2.24, 2.45) is 0 Å². The topological polar surface area (TPSA) is 50.8 Å². The van der Waals surface area contributed by atoms with E-state index in [1.807, 2.05) is 12.1 Å². The first-order chi connectivity index (χ1) is 9.28. The molecule has 1 fully saturated rings. The number of rotatable bonds is 5. The van der Waals surface area contributed by atoms with Gasteiger partial charge in [0.05, 0.1) is 19.8 Å². The van der Waals surface area contributed by atoms with Gasteiger partial charge in [-0.1, -0.05) is 0 Å². The van der Waals surface area contributed by atoms with Crippen molar-refractivity contribution < 1.29 is 14.3 Å². The lowest BCUT2D eigenvalue weighted by Gasteiger charge is -2.27. The van der Waals surface area contributed by atoms with Crippen LogP contribution < -0.4 is 14.8 Å². The molecule has 0 radical (unpaired) electrons. The maximum atomic E-state index is 11.1. The fourth-order valence-electron chi connectivity index (χ4n) is 2.36. The summed E-state index contributed by atoms with van der Waals surface area (Å²) in [6.07, 6.45) is 0.808. The van der Waals surface area contributed by atoms with Crippen LogP contribution in [0.3, 0.4) is 0 Å². The van der Waals surface area contributed by atoms with Gasteiger partial charge >= 0.3 is 0 Å². The van der Waals surface area contributed by atoms with Crippen LogP contribution in [0.25, 0.3) is 0 Å². The van der Waals surface area contributed by atoms with Gasteiger partial charge in [-0.3, -0.25) is 9.69 Å². The van der Waals surface area contributed by atoms with E-state index < -0.39 is 0 Å². The molecule has 0 aliphatic carbocycles. The lowest BCUT2D eigenvalue weighted by Crippen LogP contribution is -2.42. The molecular weight excluding hydrogens is 244 g/mol. The molecule has 1 aromatic rings. The zero-order chi connectivity index (χ0) is 13.7. The van der Waals surface area contributed by atoms with Gasteiger partial charge in [-0.2, -0.15) is 0 Å². The first-order valence-corrected chi connectivity index (χ1v) is 6.41. The number of carbonyl (C=O) groups excluding carboxylic acids is 1. The van der Waals surface area contributed by atoms with Crippen LogP contribution in [0.5, 0.6) is 11.5 Å². The Morgan fingerprint density at radius 3 is 2.58 bits per heavy atom. The van der Waals surface area contributed by atoms with Crippen LogP contribution in [-0.2, 0) is 6.54 Å². The summed E-state index contributed by atoms with van der Waals surface area (Å²) in [5.74, 6) is 1.11. The third kappa shape index (κ3) is 3.24. The minimum Gasteiger partial charge on any atom is -0.493 e. The first kappa shape index (κ1) is 13.8. The highest BCUT2D eigenvalue weighted by molar-refractivity contribution is 5.81. The van der Waals surface area contributed by atoms with Crippen LogP contribution in [-0.4, -0.2) is 51.6 Å². The van der Waals surface area contributed by atoms with E-state index in [0.29, 0.717) is 17.1 Å². The Kier molecular flexibility index (Phi) is 4.76. The van der Waals surface area contributed by atoms with E-state index in [2.05, 4.69) is 10.2 Å². The molecule has 1 heterocycles. The number of nitrogens with one attached hydrogen (secondary N) is 1. The maximum absolute atomic E-state index is 11.1. The number of aldehydes is 1. The van der Waals surface area contributed by atoms with E-state index in [1.165, 1.54) is 0 Å². The number of nitrogens with zero attached hydrogens (tertiary/aromatic N) is 1. The predicted molar refractivity (Wildman–Crippen MR) is 73.1 cm³/mol. The molecule has 0 spiro atoms. The Bertz CT molecular complexity index is 443. The third-order valence-corrected chi connectivity index (χ3v) is 3.31. The second-order valence-electron chi connectivity index (χ2n) is 4.56. The SMILES string of the molecule is COc1cc(CN2CCNCC2)cc(C=O)c1OC. The zero-order valence-corrected chi connectivity index (χ0v) is 11.4. The number of methoxy groups -OCH3 is 2. The summed E-state index contributed by atoms with van der Waals surface area (Å²) >= 11 is 0. The minimum absolute atomic E-state index is 0.501. The molecule has 0 unspecified atom stereocenters. The maximum Gasteiger partial charge on any atom is 0.171 e. The summed E-state index contributed by atoms with van der Waals surface area (Å²) in [4.78, 5) is 13.5. The Hall–Kier alpha value is -1.59. The normalized spacial score (nSPS) is 16.1. The summed E-state index contributed by atoms with van der Waals surface area (Å²) in [6, 6.07) is 3.81. The van der Waals surface area contributed by atoms with Crippen LogP contribution in [0.2, 0.25) is 0 Å². The average molecular weight is 264 g/mol. The molecule has 0 saturated carbocycles. The Morgan fingerprint density at radius 1 is 1.26 bits per heavy atom. The molecule has 2 rings (SSSR count). The number of hydrogen-bond donors (Lipinski definition) is 1. The van der Waals surface area contributed by atoms with Crippen LogP contribution in [0, 0.1) is 0 Å². The van der Waals surface area contributed by atoms with Crippen molar-refractivity contribution in [2.75, 3.05) is 40.4 Å². The van der Waals surface area contributed by atoms with E-state index in [1.54, 1.807) is 14.2 Å². The number of benzene rings is 1. The molecule has 1 aliphatic heterocycles. The fourth-order valence-corrected chi connectivity index (χ4v) is 2.36. The summed E-state index contributed by atoms with van der Waals surface area (Å²) in [7, 11) is 3.13. The molecule has 0 amide bonds. The van der Waals surface area contributed by atoms with Gasteiger partial charge in [0.1, 0.15) is 0 Å². The number of ether oxygens (including phenoxy) is 2. The first-order valence-electron chi connectivity index (χ1n) is 6.41. The monoisotopic (exact) mass is 264 g/mol. The third-order valence-electron chi connectivity index (χ3n) is 3.31. The van der Waals surface area contributed by atoms with Crippen molar-refractivity contribution in [1.29, 1.82) is 0 Å². The summed E-state index contributed by atoms with van der Waals surface area (Å²) in [5, 5.41) is 3.32. The molecule has 104 valence electrons. The molecule has 1 saturated heterocycles. The van der Waals surface area contributed by atoms with Crippen molar-refractivity contribution in [3.8, 4) is 11.5 Å². The number of carbonyl (C=O) groups is 1. The van der Waals surface area contributed by atoms with Gasteiger partial charge < -0.3 is 14.8 Å². The minimum atomic E-state index is 0.501. The highest BCUT2D eigenvalue weighted by atomic mass is 16.5. The largest absolute Gasteiger partial charge is 0.493 e. The van der Waals surface area contributed by atoms with Crippen molar-refractivity contribution >= 4 is 6.29 Å². The molecule has 0 bridgehead atoms. The highest BCUT2D eigenvalue weighted by Crippen LogP contribution is 2.32. The van der Waals surface area contributed by atoms with Gasteiger partial charge in [-0.05, 0) is 17.7 Å². The molecule has 0 aromatic heterocycles. The number of piperazine rings is 1. The van der Waals surface area contributed by atoms with Crippen LogP contribution in [0.1, 0.15) is 15.9 Å². The van der Waals surface area contributed by atoms with Gasteiger partial charge in [-0.25, -0.2) is 0 Å². The smallest absolute Gasteiger partial charge is 0.171 e. The quantitative estimate of drug-likeness (QED) is 0.802. The standard InChI is InChI=1S/C14H20N2O3/c1-18-13-8-11(7-12(10-17)14(13)19-2)9-16-5-3-15-4-6-16/h7-8,10,15H,3-6,9H2,1-2H3. The van der Waals surface area contributed by atoms with Crippen molar-refractivity contribution in [3.63, 3.8) is 0 Å².